The predicted octanol–water partition coefficient (Wildman–Crippen LogP) is 1.84. The SMILES string of the molecule is CCC(CC(=O)O)CC(=O)OC(=O)CC(CC)CC(=O)O. The topological polar surface area (TPSA) is 118 Å². The smallest absolute Gasteiger partial charge is 0.313 e. The highest BCUT2D eigenvalue weighted by Crippen LogP contribution is 2.17. The monoisotopic (exact) mass is 302 g/mol. The van der Waals surface area contributed by atoms with Crippen molar-refractivity contribution in [2.75, 3.05) is 0 Å². The van der Waals surface area contributed by atoms with Gasteiger partial charge in [0.2, 0.25) is 0 Å². The van der Waals surface area contributed by atoms with E-state index in [2.05, 4.69) is 4.74 Å². The van der Waals surface area contributed by atoms with Crippen LogP contribution in [0.15, 0.2) is 0 Å². The molecule has 0 aliphatic heterocycles. The highest BCUT2D eigenvalue weighted by Gasteiger charge is 2.21. The van der Waals surface area contributed by atoms with E-state index in [0.29, 0.717) is 12.8 Å². The standard InChI is InChI=1S/C14H22O7/c1-3-9(5-11(15)16)7-13(19)21-14(20)8-10(4-2)6-12(17)18/h9-10H,3-8H2,1-2H3,(H,15,16)(H,17,18). The molecule has 0 aliphatic carbocycles. The molecule has 21 heavy (non-hydrogen) atoms. The largest absolute Gasteiger partial charge is 0.481 e. The van der Waals surface area contributed by atoms with Crippen LogP contribution in [0.3, 0.4) is 0 Å². The van der Waals surface area contributed by atoms with Crippen molar-refractivity contribution in [3.63, 3.8) is 0 Å². The Labute approximate surface area is 123 Å². The van der Waals surface area contributed by atoms with Gasteiger partial charge in [-0.05, 0) is 11.8 Å². The van der Waals surface area contributed by atoms with E-state index < -0.39 is 23.9 Å². The van der Waals surface area contributed by atoms with E-state index in [1.54, 1.807) is 13.8 Å². The highest BCUT2D eigenvalue weighted by atomic mass is 16.6. The minimum absolute atomic E-state index is 0.135. The van der Waals surface area contributed by atoms with Crippen LogP contribution in [0.4, 0.5) is 0 Å². The van der Waals surface area contributed by atoms with Gasteiger partial charge in [0.05, 0.1) is 0 Å². The summed E-state index contributed by atoms with van der Waals surface area (Å²) < 4.78 is 4.61. The summed E-state index contributed by atoms with van der Waals surface area (Å²) in [7, 11) is 0. The molecule has 0 aliphatic rings. The molecule has 0 spiro atoms. The molecule has 2 atom stereocenters. The Morgan fingerprint density at radius 1 is 0.762 bits per heavy atom. The molecule has 0 saturated heterocycles. The van der Waals surface area contributed by atoms with Crippen molar-refractivity contribution in [3.05, 3.63) is 0 Å². The predicted molar refractivity (Wildman–Crippen MR) is 72.4 cm³/mol. The summed E-state index contributed by atoms with van der Waals surface area (Å²) in [5.41, 5.74) is 0. The highest BCUT2D eigenvalue weighted by molar-refractivity contribution is 5.86. The molecule has 0 saturated carbocycles. The Hall–Kier alpha value is -1.92. The lowest BCUT2D eigenvalue weighted by Crippen LogP contribution is -2.20. The second-order valence-electron chi connectivity index (χ2n) is 5.00. The zero-order valence-corrected chi connectivity index (χ0v) is 12.3. The summed E-state index contributed by atoms with van der Waals surface area (Å²) >= 11 is 0. The van der Waals surface area contributed by atoms with Crippen molar-refractivity contribution >= 4 is 23.9 Å². The van der Waals surface area contributed by atoms with E-state index in [-0.39, 0.29) is 37.5 Å². The van der Waals surface area contributed by atoms with Gasteiger partial charge in [-0.25, -0.2) is 0 Å². The minimum atomic E-state index is -1.01. The molecular formula is C14H22O7. The van der Waals surface area contributed by atoms with Crippen LogP contribution in [0.2, 0.25) is 0 Å². The zero-order chi connectivity index (χ0) is 16.4. The van der Waals surface area contributed by atoms with Crippen LogP contribution in [0.1, 0.15) is 52.4 Å². The summed E-state index contributed by atoms with van der Waals surface area (Å²) in [5.74, 6) is -4.29. The van der Waals surface area contributed by atoms with Crippen LogP contribution in [0, 0.1) is 11.8 Å². The fourth-order valence-electron chi connectivity index (χ4n) is 1.90. The molecule has 0 amide bonds. The Kier molecular flexibility index (Phi) is 9.00. The van der Waals surface area contributed by atoms with Crippen molar-refractivity contribution in [2.24, 2.45) is 11.8 Å². The van der Waals surface area contributed by atoms with Gasteiger partial charge < -0.3 is 14.9 Å². The normalized spacial score (nSPS) is 13.2. The molecule has 2 N–H and O–H groups in total. The lowest BCUT2D eigenvalue weighted by molar-refractivity contribution is -0.161. The second kappa shape index (κ2) is 9.90. The van der Waals surface area contributed by atoms with Crippen molar-refractivity contribution in [1.82, 2.24) is 0 Å². The maximum atomic E-state index is 11.5. The van der Waals surface area contributed by atoms with Crippen molar-refractivity contribution < 1.29 is 34.1 Å². The molecule has 120 valence electrons. The number of hydrogen-bond acceptors (Lipinski definition) is 5. The number of carbonyl (C=O) groups excluding carboxylic acids is 2. The van der Waals surface area contributed by atoms with Gasteiger partial charge in [-0.1, -0.05) is 26.7 Å². The van der Waals surface area contributed by atoms with Gasteiger partial charge in [-0.2, -0.15) is 0 Å². The van der Waals surface area contributed by atoms with E-state index in [4.69, 9.17) is 10.2 Å². The molecule has 0 aromatic carbocycles. The van der Waals surface area contributed by atoms with Crippen LogP contribution in [0.25, 0.3) is 0 Å². The maximum Gasteiger partial charge on any atom is 0.313 e. The summed E-state index contributed by atoms with van der Waals surface area (Å²) in [4.78, 5) is 44.3. The van der Waals surface area contributed by atoms with E-state index in [1.165, 1.54) is 0 Å². The van der Waals surface area contributed by atoms with E-state index >= 15 is 0 Å². The van der Waals surface area contributed by atoms with E-state index in [9.17, 15) is 19.2 Å². The number of esters is 2. The summed E-state index contributed by atoms with van der Waals surface area (Å²) in [6, 6.07) is 0. The van der Waals surface area contributed by atoms with Gasteiger partial charge >= 0.3 is 23.9 Å². The molecule has 0 aromatic heterocycles. The van der Waals surface area contributed by atoms with Crippen LogP contribution >= 0.6 is 0 Å². The van der Waals surface area contributed by atoms with Crippen LogP contribution < -0.4 is 0 Å². The number of carboxylic acid groups (broad SMARTS) is 2. The lowest BCUT2D eigenvalue weighted by atomic mass is 9.98. The molecule has 0 rings (SSSR count). The third-order valence-electron chi connectivity index (χ3n) is 3.22. The summed E-state index contributed by atoms with van der Waals surface area (Å²) in [5, 5.41) is 17.3. The summed E-state index contributed by atoms with van der Waals surface area (Å²) in [6.07, 6.45) is 0.402. The quantitative estimate of drug-likeness (QED) is 0.467. The van der Waals surface area contributed by atoms with Gasteiger partial charge in [0.15, 0.2) is 0 Å². The summed E-state index contributed by atoms with van der Waals surface area (Å²) in [6.45, 7) is 3.51. The van der Waals surface area contributed by atoms with Crippen LogP contribution in [0.5, 0.6) is 0 Å². The fraction of sp³-hybridized carbons (Fsp3) is 0.714. The lowest BCUT2D eigenvalue weighted by Gasteiger charge is -2.13. The molecule has 0 aromatic rings. The van der Waals surface area contributed by atoms with Gasteiger partial charge in [-0.3, -0.25) is 19.2 Å². The Morgan fingerprint density at radius 3 is 1.33 bits per heavy atom. The van der Waals surface area contributed by atoms with Crippen LogP contribution in [-0.4, -0.2) is 34.1 Å². The molecular weight excluding hydrogens is 280 g/mol. The number of carbonyl (C=O) groups is 4. The van der Waals surface area contributed by atoms with E-state index in [1.807, 2.05) is 0 Å². The third kappa shape index (κ3) is 9.59. The van der Waals surface area contributed by atoms with Crippen LogP contribution in [-0.2, 0) is 23.9 Å². The molecule has 7 nitrogen and oxygen atoms in total. The molecule has 0 fully saturated rings. The number of rotatable bonds is 10. The van der Waals surface area contributed by atoms with Gasteiger partial charge in [0.1, 0.15) is 0 Å². The number of ether oxygens (including phenoxy) is 1. The second-order valence-corrected chi connectivity index (χ2v) is 5.00. The molecule has 7 heteroatoms. The Morgan fingerprint density at radius 2 is 1.10 bits per heavy atom. The first-order valence-electron chi connectivity index (χ1n) is 6.95. The third-order valence-corrected chi connectivity index (χ3v) is 3.22. The van der Waals surface area contributed by atoms with Crippen molar-refractivity contribution in [3.8, 4) is 0 Å². The first kappa shape index (κ1) is 19.1. The number of carboxylic acids is 2. The maximum absolute atomic E-state index is 11.5. The number of hydrogen-bond donors (Lipinski definition) is 2. The Balaban J connectivity index is 4.27. The molecule has 0 radical (unpaired) electrons. The van der Waals surface area contributed by atoms with Gasteiger partial charge in [0.25, 0.3) is 0 Å². The zero-order valence-electron chi connectivity index (χ0n) is 12.3. The Bertz CT molecular complexity index is 353. The average Bonchev–Trinajstić information content (AvgIpc) is 2.35. The molecule has 0 bridgehead atoms. The fourth-order valence-corrected chi connectivity index (χ4v) is 1.90. The average molecular weight is 302 g/mol. The van der Waals surface area contributed by atoms with Gasteiger partial charge in [0, 0.05) is 25.7 Å². The molecule has 2 unspecified atom stereocenters. The number of aliphatic carboxylic acids is 2. The van der Waals surface area contributed by atoms with Crippen molar-refractivity contribution in [1.29, 1.82) is 0 Å². The first-order chi connectivity index (χ1) is 9.78. The molecule has 0 heterocycles. The van der Waals surface area contributed by atoms with E-state index in [0.717, 1.165) is 0 Å². The first-order valence-corrected chi connectivity index (χ1v) is 6.95. The van der Waals surface area contributed by atoms with Gasteiger partial charge in [-0.15, -0.1) is 0 Å². The minimum Gasteiger partial charge on any atom is -0.481 e. The van der Waals surface area contributed by atoms with Crippen molar-refractivity contribution in [2.45, 2.75) is 52.4 Å².